The first-order valence-corrected chi connectivity index (χ1v) is 13.0. The number of amides is 1. The molecule has 0 spiro atoms. The lowest BCUT2D eigenvalue weighted by Crippen LogP contribution is -2.19. The number of nitrogens with one attached hydrogen (secondary N) is 3. The van der Waals surface area contributed by atoms with E-state index in [2.05, 4.69) is 36.5 Å². The second-order valence-corrected chi connectivity index (χ2v) is 11.5. The van der Waals surface area contributed by atoms with E-state index >= 15 is 0 Å². The number of halogens is 1. The van der Waals surface area contributed by atoms with Crippen molar-refractivity contribution in [1.29, 1.82) is 0 Å². The van der Waals surface area contributed by atoms with Crippen molar-refractivity contribution in [3.05, 3.63) is 72.3 Å². The molecule has 6 rings (SSSR count). The number of thiophene rings is 1. The number of hydrogen-bond donors (Lipinski definition) is 3. The van der Waals surface area contributed by atoms with Gasteiger partial charge >= 0.3 is 0 Å². The number of H-pyrrole nitrogens is 2. The van der Waals surface area contributed by atoms with Crippen molar-refractivity contribution in [3.8, 4) is 33.0 Å². The first kappa shape index (κ1) is 24.0. The summed E-state index contributed by atoms with van der Waals surface area (Å²) in [6, 6.07) is 15.1. The monoisotopic (exact) mass is 524 g/mol. The summed E-state index contributed by atoms with van der Waals surface area (Å²) in [5.41, 5.74) is 6.47. The minimum Gasteiger partial charge on any atom is -0.338 e. The van der Waals surface area contributed by atoms with Gasteiger partial charge in [-0.3, -0.25) is 14.9 Å². The van der Waals surface area contributed by atoms with Gasteiger partial charge in [-0.25, -0.2) is 4.98 Å². The average molecular weight is 525 g/mol. The molecule has 5 aromatic heterocycles. The number of fused-ring (bicyclic) bond motifs is 2. The Bertz CT molecular complexity index is 1810. The fourth-order valence-corrected chi connectivity index (χ4v) is 5.35. The normalized spacial score (nSPS) is 11.9. The topological polar surface area (TPSA) is 99.3 Å². The molecule has 5 heterocycles. The summed E-state index contributed by atoms with van der Waals surface area (Å²) in [5.74, 6) is -0.0406. The van der Waals surface area contributed by atoms with Gasteiger partial charge in [0.1, 0.15) is 11.3 Å². The van der Waals surface area contributed by atoms with Crippen LogP contribution in [0.4, 0.5) is 10.1 Å². The Labute approximate surface area is 222 Å². The number of carbonyl (C=O) groups is 1. The van der Waals surface area contributed by atoms with Crippen molar-refractivity contribution in [2.24, 2.45) is 5.41 Å². The Kier molecular flexibility index (Phi) is 5.80. The number of rotatable bonds is 5. The third-order valence-corrected chi connectivity index (χ3v) is 7.14. The molecule has 7 nitrogen and oxygen atoms in total. The molecule has 0 unspecified atom stereocenters. The number of aromatic nitrogens is 5. The molecule has 38 heavy (non-hydrogen) atoms. The number of aromatic amines is 2. The zero-order chi connectivity index (χ0) is 26.4. The van der Waals surface area contributed by atoms with Crippen LogP contribution in [0.3, 0.4) is 0 Å². The van der Waals surface area contributed by atoms with Crippen LogP contribution in [0.2, 0.25) is 0 Å². The van der Waals surface area contributed by atoms with Gasteiger partial charge in [0.25, 0.3) is 0 Å². The number of hydrogen-bond acceptors (Lipinski definition) is 5. The van der Waals surface area contributed by atoms with Crippen molar-refractivity contribution in [3.63, 3.8) is 0 Å². The van der Waals surface area contributed by atoms with Crippen LogP contribution in [0.1, 0.15) is 27.2 Å². The highest BCUT2D eigenvalue weighted by Gasteiger charge is 2.18. The standard InChI is InChI=1S/C29H25FN6OS/c1-29(2,3)13-26(37)33-18-10-17(14-31-15-18)16-4-5-22-21(11-16)27(36-35-22)23-12-20-19(8-9-32-28(20)34-23)24-6-7-25(30)38-24/h4-12,14-15H,13H2,1-3H3,(H,32,34)(H,33,37)(H,35,36). The fourth-order valence-electron chi connectivity index (χ4n) is 4.58. The largest absolute Gasteiger partial charge is 0.338 e. The van der Waals surface area contributed by atoms with Crippen molar-refractivity contribution in [2.45, 2.75) is 27.2 Å². The van der Waals surface area contributed by atoms with Crippen LogP contribution in [0.5, 0.6) is 0 Å². The molecule has 0 aliphatic carbocycles. The van der Waals surface area contributed by atoms with Crippen LogP contribution in [-0.4, -0.2) is 31.1 Å². The Morgan fingerprint density at radius 3 is 2.68 bits per heavy atom. The van der Waals surface area contributed by atoms with Gasteiger partial charge in [0.05, 0.1) is 23.1 Å². The quantitative estimate of drug-likeness (QED) is 0.219. The lowest BCUT2D eigenvalue weighted by Gasteiger charge is -2.17. The highest BCUT2D eigenvalue weighted by atomic mass is 32.1. The maximum atomic E-state index is 13.7. The molecule has 6 aromatic rings. The minimum absolute atomic E-state index is 0.0406. The van der Waals surface area contributed by atoms with E-state index in [0.29, 0.717) is 17.8 Å². The maximum Gasteiger partial charge on any atom is 0.224 e. The lowest BCUT2D eigenvalue weighted by atomic mass is 9.92. The minimum atomic E-state index is -0.223. The molecule has 3 N–H and O–H groups in total. The summed E-state index contributed by atoms with van der Waals surface area (Å²) in [6.07, 6.45) is 5.57. The molecule has 0 saturated heterocycles. The van der Waals surface area contributed by atoms with Gasteiger partial charge in [-0.15, -0.1) is 11.3 Å². The molecular formula is C29H25FN6OS. The van der Waals surface area contributed by atoms with Gasteiger partial charge < -0.3 is 10.3 Å². The molecule has 9 heteroatoms. The van der Waals surface area contributed by atoms with E-state index in [-0.39, 0.29) is 16.5 Å². The van der Waals surface area contributed by atoms with Gasteiger partial charge in [0.15, 0.2) is 5.13 Å². The van der Waals surface area contributed by atoms with Crippen molar-refractivity contribution < 1.29 is 9.18 Å². The number of nitrogens with zero attached hydrogens (tertiary/aromatic N) is 3. The number of anilines is 1. The molecule has 0 radical (unpaired) electrons. The molecule has 190 valence electrons. The zero-order valence-corrected chi connectivity index (χ0v) is 21.9. The zero-order valence-electron chi connectivity index (χ0n) is 21.1. The van der Waals surface area contributed by atoms with Crippen LogP contribution in [0, 0.1) is 10.5 Å². The third kappa shape index (κ3) is 4.68. The molecule has 0 fully saturated rings. The van der Waals surface area contributed by atoms with E-state index in [4.69, 9.17) is 0 Å². The van der Waals surface area contributed by atoms with E-state index in [1.807, 2.05) is 51.1 Å². The molecule has 1 amide bonds. The van der Waals surface area contributed by atoms with Crippen molar-refractivity contribution in [2.75, 3.05) is 5.32 Å². The van der Waals surface area contributed by atoms with E-state index in [1.165, 1.54) is 6.07 Å². The summed E-state index contributed by atoms with van der Waals surface area (Å²) in [5, 5.41) is 12.3. The van der Waals surface area contributed by atoms with Gasteiger partial charge in [-0.2, -0.15) is 9.49 Å². The van der Waals surface area contributed by atoms with E-state index in [0.717, 1.165) is 60.6 Å². The Morgan fingerprint density at radius 2 is 1.89 bits per heavy atom. The van der Waals surface area contributed by atoms with Gasteiger partial charge in [0, 0.05) is 45.6 Å². The number of pyridine rings is 2. The molecule has 0 atom stereocenters. The van der Waals surface area contributed by atoms with Crippen LogP contribution in [-0.2, 0) is 4.79 Å². The lowest BCUT2D eigenvalue weighted by molar-refractivity contribution is -0.117. The van der Waals surface area contributed by atoms with Gasteiger partial charge in [-0.1, -0.05) is 26.8 Å². The molecule has 1 aromatic carbocycles. The van der Waals surface area contributed by atoms with E-state index in [1.54, 1.807) is 24.7 Å². The van der Waals surface area contributed by atoms with Gasteiger partial charge in [0.2, 0.25) is 5.91 Å². The molecule has 0 aliphatic rings. The first-order valence-electron chi connectivity index (χ1n) is 12.2. The summed E-state index contributed by atoms with van der Waals surface area (Å²) in [7, 11) is 0. The van der Waals surface area contributed by atoms with Crippen LogP contribution in [0.15, 0.2) is 67.1 Å². The Hall–Kier alpha value is -4.37. The number of benzene rings is 1. The maximum absolute atomic E-state index is 13.7. The third-order valence-electron chi connectivity index (χ3n) is 6.23. The van der Waals surface area contributed by atoms with E-state index in [9.17, 15) is 9.18 Å². The first-order chi connectivity index (χ1) is 18.2. The van der Waals surface area contributed by atoms with Crippen molar-refractivity contribution >= 4 is 44.9 Å². The molecule has 0 bridgehead atoms. The predicted octanol–water partition coefficient (Wildman–Crippen LogP) is 7.41. The Balaban J connectivity index is 1.36. The summed E-state index contributed by atoms with van der Waals surface area (Å²) < 4.78 is 13.7. The van der Waals surface area contributed by atoms with Crippen LogP contribution < -0.4 is 5.32 Å². The smallest absolute Gasteiger partial charge is 0.224 e. The summed E-state index contributed by atoms with van der Waals surface area (Å²) in [4.78, 5) is 25.5. The van der Waals surface area contributed by atoms with Gasteiger partial charge in [-0.05, 0) is 53.4 Å². The van der Waals surface area contributed by atoms with E-state index < -0.39 is 0 Å². The average Bonchev–Trinajstić information content (AvgIpc) is 3.60. The fraction of sp³-hybridized carbons (Fsp3) is 0.172. The highest BCUT2D eigenvalue weighted by molar-refractivity contribution is 7.14. The number of carbonyl (C=O) groups excluding carboxylic acids is 1. The molecule has 0 aliphatic heterocycles. The van der Waals surface area contributed by atoms with Crippen molar-refractivity contribution in [1.82, 2.24) is 25.1 Å². The SMILES string of the molecule is CC(C)(C)CC(=O)Nc1cncc(-c2ccc3[nH]nc(-c4cc5c(-c6ccc(F)s6)ccnc5[nH]4)c3c2)c1. The second-order valence-electron chi connectivity index (χ2n) is 10.5. The van der Waals surface area contributed by atoms with Crippen LogP contribution >= 0.6 is 11.3 Å². The summed E-state index contributed by atoms with van der Waals surface area (Å²) in [6.45, 7) is 6.10. The summed E-state index contributed by atoms with van der Waals surface area (Å²) >= 11 is 1.11. The Morgan fingerprint density at radius 1 is 1.03 bits per heavy atom. The second kappa shape index (κ2) is 9.18. The predicted molar refractivity (Wildman–Crippen MR) is 150 cm³/mol. The highest BCUT2D eigenvalue weighted by Crippen LogP contribution is 2.36. The molecule has 0 saturated carbocycles. The molecular weight excluding hydrogens is 499 g/mol. The van der Waals surface area contributed by atoms with Crippen LogP contribution in [0.25, 0.3) is 54.9 Å².